The molecular formula is C13H18FN3O3. The first kappa shape index (κ1) is 14.5. The summed E-state index contributed by atoms with van der Waals surface area (Å²) >= 11 is 0. The van der Waals surface area contributed by atoms with Gasteiger partial charge in [-0.3, -0.25) is 10.1 Å². The maximum absolute atomic E-state index is 13.6. The lowest BCUT2D eigenvalue weighted by Gasteiger charge is -2.19. The average Bonchev–Trinajstić information content (AvgIpc) is 2.87. The quantitative estimate of drug-likeness (QED) is 0.659. The van der Waals surface area contributed by atoms with E-state index in [-0.39, 0.29) is 11.4 Å². The van der Waals surface area contributed by atoms with Gasteiger partial charge in [0.25, 0.3) is 5.69 Å². The molecule has 0 bridgehead atoms. The third-order valence-corrected chi connectivity index (χ3v) is 3.57. The van der Waals surface area contributed by atoms with E-state index < -0.39 is 10.7 Å². The van der Waals surface area contributed by atoms with E-state index in [2.05, 4.69) is 5.32 Å². The molecule has 0 amide bonds. The minimum Gasteiger partial charge on any atom is -0.494 e. The summed E-state index contributed by atoms with van der Waals surface area (Å²) in [5, 5.41) is 14.2. The number of ether oxygens (including phenoxy) is 1. The summed E-state index contributed by atoms with van der Waals surface area (Å²) in [6.07, 6.45) is 0.956. The van der Waals surface area contributed by atoms with Gasteiger partial charge in [-0.2, -0.15) is 0 Å². The van der Waals surface area contributed by atoms with E-state index in [4.69, 9.17) is 4.74 Å². The normalized spacial score (nSPS) is 18.4. The van der Waals surface area contributed by atoms with Gasteiger partial charge in [-0.25, -0.2) is 4.39 Å². The van der Waals surface area contributed by atoms with Crippen LogP contribution in [0.1, 0.15) is 6.42 Å². The fraction of sp³-hybridized carbons (Fsp3) is 0.538. The Kier molecular flexibility index (Phi) is 4.39. The first-order valence-corrected chi connectivity index (χ1v) is 6.48. The molecule has 1 saturated heterocycles. The standard InChI is InChI=1S/C13H18FN3O3/c1-15-7-9-3-4-16(8-9)11-6-13(20-2)10(14)5-12(11)17(18)19/h5-6,9,15H,3-4,7-8H2,1-2H3. The predicted octanol–water partition coefficient (Wildman–Crippen LogP) is 1.79. The smallest absolute Gasteiger partial charge is 0.295 e. The van der Waals surface area contributed by atoms with Gasteiger partial charge in [-0.05, 0) is 25.9 Å². The number of rotatable bonds is 5. The second-order valence-corrected chi connectivity index (χ2v) is 4.89. The predicted molar refractivity (Wildman–Crippen MR) is 73.9 cm³/mol. The van der Waals surface area contributed by atoms with Gasteiger partial charge < -0.3 is 15.0 Å². The molecule has 1 aromatic carbocycles. The van der Waals surface area contributed by atoms with Crippen LogP contribution in [0, 0.1) is 21.8 Å². The van der Waals surface area contributed by atoms with Gasteiger partial charge in [-0.1, -0.05) is 0 Å². The topological polar surface area (TPSA) is 67.6 Å². The van der Waals surface area contributed by atoms with Crippen LogP contribution in [-0.4, -0.2) is 38.7 Å². The fourth-order valence-electron chi connectivity index (χ4n) is 2.59. The molecule has 1 aliphatic rings. The van der Waals surface area contributed by atoms with E-state index >= 15 is 0 Å². The van der Waals surface area contributed by atoms with Gasteiger partial charge in [0.05, 0.1) is 18.1 Å². The molecule has 20 heavy (non-hydrogen) atoms. The number of nitrogens with zero attached hydrogens (tertiary/aromatic N) is 2. The van der Waals surface area contributed by atoms with E-state index in [0.717, 1.165) is 32.1 Å². The molecule has 2 rings (SSSR count). The summed E-state index contributed by atoms with van der Waals surface area (Å²) in [4.78, 5) is 12.5. The number of hydrogen-bond acceptors (Lipinski definition) is 5. The minimum atomic E-state index is -0.714. The number of anilines is 1. The van der Waals surface area contributed by atoms with E-state index in [1.54, 1.807) is 0 Å². The van der Waals surface area contributed by atoms with Crippen molar-refractivity contribution in [1.82, 2.24) is 5.32 Å². The van der Waals surface area contributed by atoms with Crippen molar-refractivity contribution in [2.24, 2.45) is 5.92 Å². The van der Waals surface area contributed by atoms with Crippen LogP contribution in [0.4, 0.5) is 15.8 Å². The number of nitro benzene ring substituents is 1. The summed E-state index contributed by atoms with van der Waals surface area (Å²) in [6, 6.07) is 2.34. The molecule has 1 unspecified atom stereocenters. The molecule has 110 valence electrons. The van der Waals surface area contributed by atoms with Gasteiger partial charge in [0.1, 0.15) is 5.69 Å². The van der Waals surface area contributed by atoms with Crippen LogP contribution in [0.15, 0.2) is 12.1 Å². The van der Waals surface area contributed by atoms with Crippen molar-refractivity contribution in [3.8, 4) is 5.75 Å². The van der Waals surface area contributed by atoms with Crippen LogP contribution < -0.4 is 15.0 Å². The first-order chi connectivity index (χ1) is 9.56. The molecule has 0 aliphatic carbocycles. The lowest BCUT2D eigenvalue weighted by Crippen LogP contribution is -2.24. The van der Waals surface area contributed by atoms with Gasteiger partial charge in [0.2, 0.25) is 0 Å². The van der Waals surface area contributed by atoms with E-state index in [9.17, 15) is 14.5 Å². The van der Waals surface area contributed by atoms with Gasteiger partial charge in [-0.15, -0.1) is 0 Å². The summed E-state index contributed by atoms with van der Waals surface area (Å²) in [6.45, 7) is 2.31. The van der Waals surface area contributed by atoms with E-state index in [0.29, 0.717) is 11.6 Å². The van der Waals surface area contributed by atoms with Crippen LogP contribution in [0.2, 0.25) is 0 Å². The van der Waals surface area contributed by atoms with Crippen LogP contribution in [0.25, 0.3) is 0 Å². The van der Waals surface area contributed by atoms with Gasteiger partial charge in [0.15, 0.2) is 11.6 Å². The van der Waals surface area contributed by atoms with Crippen LogP contribution in [0.3, 0.4) is 0 Å². The number of nitro groups is 1. The molecule has 1 aliphatic heterocycles. The molecule has 1 atom stereocenters. The maximum Gasteiger partial charge on any atom is 0.295 e. The second-order valence-electron chi connectivity index (χ2n) is 4.89. The number of benzene rings is 1. The highest BCUT2D eigenvalue weighted by atomic mass is 19.1. The van der Waals surface area contributed by atoms with Crippen molar-refractivity contribution < 1.29 is 14.1 Å². The van der Waals surface area contributed by atoms with Crippen molar-refractivity contribution >= 4 is 11.4 Å². The maximum atomic E-state index is 13.6. The molecule has 7 heteroatoms. The molecular weight excluding hydrogens is 265 g/mol. The van der Waals surface area contributed by atoms with E-state index in [1.807, 2.05) is 11.9 Å². The molecule has 1 aromatic rings. The molecule has 1 fully saturated rings. The highest BCUT2D eigenvalue weighted by Crippen LogP contribution is 2.36. The highest BCUT2D eigenvalue weighted by molar-refractivity contribution is 5.66. The monoisotopic (exact) mass is 283 g/mol. The Morgan fingerprint density at radius 1 is 1.60 bits per heavy atom. The Hall–Kier alpha value is -1.89. The third kappa shape index (κ3) is 2.82. The third-order valence-electron chi connectivity index (χ3n) is 3.57. The molecule has 0 radical (unpaired) electrons. The summed E-state index contributed by atoms with van der Waals surface area (Å²) in [7, 11) is 3.23. The zero-order chi connectivity index (χ0) is 14.7. The zero-order valence-corrected chi connectivity index (χ0v) is 11.6. The Morgan fingerprint density at radius 3 is 2.95 bits per heavy atom. The summed E-state index contributed by atoms with van der Waals surface area (Å²) in [5.74, 6) is -0.243. The number of methoxy groups -OCH3 is 1. The largest absolute Gasteiger partial charge is 0.494 e. The Bertz CT molecular complexity index is 510. The minimum absolute atomic E-state index is 0.0302. The molecule has 1 N–H and O–H groups in total. The highest BCUT2D eigenvalue weighted by Gasteiger charge is 2.29. The molecule has 1 heterocycles. The number of nitrogens with one attached hydrogen (secondary N) is 1. The van der Waals surface area contributed by atoms with Gasteiger partial charge >= 0.3 is 0 Å². The van der Waals surface area contributed by atoms with Gasteiger partial charge in [0, 0.05) is 19.2 Å². The van der Waals surface area contributed by atoms with Crippen LogP contribution in [0.5, 0.6) is 5.75 Å². The van der Waals surface area contributed by atoms with Crippen molar-refractivity contribution in [1.29, 1.82) is 0 Å². The molecule has 0 spiro atoms. The van der Waals surface area contributed by atoms with Crippen molar-refractivity contribution in [2.75, 3.05) is 38.7 Å². The van der Waals surface area contributed by atoms with Crippen molar-refractivity contribution in [3.63, 3.8) is 0 Å². The van der Waals surface area contributed by atoms with E-state index in [1.165, 1.54) is 13.2 Å². The lowest BCUT2D eigenvalue weighted by molar-refractivity contribution is -0.384. The Morgan fingerprint density at radius 2 is 2.35 bits per heavy atom. The fourth-order valence-corrected chi connectivity index (χ4v) is 2.59. The second kappa shape index (κ2) is 6.04. The van der Waals surface area contributed by atoms with Crippen molar-refractivity contribution in [3.05, 3.63) is 28.1 Å². The number of hydrogen-bond donors (Lipinski definition) is 1. The number of halogens is 1. The molecule has 0 saturated carbocycles. The molecule has 0 aromatic heterocycles. The summed E-state index contributed by atoms with van der Waals surface area (Å²) < 4.78 is 18.5. The molecule has 6 nitrogen and oxygen atoms in total. The first-order valence-electron chi connectivity index (χ1n) is 6.48. The zero-order valence-electron chi connectivity index (χ0n) is 11.6. The van der Waals surface area contributed by atoms with Crippen LogP contribution >= 0.6 is 0 Å². The average molecular weight is 283 g/mol. The Balaban J connectivity index is 2.32. The van der Waals surface area contributed by atoms with Crippen LogP contribution in [-0.2, 0) is 0 Å². The summed E-state index contributed by atoms with van der Waals surface area (Å²) in [5.41, 5.74) is 0.209. The SMILES string of the molecule is CNCC1CCN(c2cc(OC)c(F)cc2[N+](=O)[O-])C1. The Labute approximate surface area is 116 Å². The van der Waals surface area contributed by atoms with Crippen molar-refractivity contribution in [2.45, 2.75) is 6.42 Å². The lowest BCUT2D eigenvalue weighted by atomic mass is 10.1.